The second kappa shape index (κ2) is 12.1. The third-order valence-corrected chi connectivity index (χ3v) is 7.62. The molecule has 4 atom stereocenters. The Balaban J connectivity index is 1.44. The number of hydrogen-bond donors (Lipinski definition) is 1. The van der Waals surface area contributed by atoms with Crippen molar-refractivity contribution in [3.8, 4) is 11.5 Å². The molecule has 8 nitrogen and oxygen atoms in total. The number of rotatable bonds is 8. The van der Waals surface area contributed by atoms with E-state index in [2.05, 4.69) is 10.5 Å². The number of nitrogens with zero attached hydrogens (tertiary/aromatic N) is 2. The second-order valence-corrected chi connectivity index (χ2v) is 9.71. The maximum absolute atomic E-state index is 13.9. The van der Waals surface area contributed by atoms with Gasteiger partial charge in [-0.3, -0.25) is 9.59 Å². The molecule has 0 aromatic heterocycles. The smallest absolute Gasteiger partial charge is 0.244 e. The second-order valence-electron chi connectivity index (χ2n) is 9.71. The number of carbonyl (C=O) groups excluding carboxylic acids is 2. The van der Waals surface area contributed by atoms with Gasteiger partial charge >= 0.3 is 0 Å². The van der Waals surface area contributed by atoms with Crippen molar-refractivity contribution in [1.82, 2.24) is 10.3 Å². The fraction of sp³-hybridized carbons (Fsp3) is 0.323. The molecule has 1 aliphatic carbocycles. The van der Waals surface area contributed by atoms with Crippen molar-refractivity contribution in [1.29, 1.82) is 0 Å². The lowest BCUT2D eigenvalue weighted by atomic mass is 9.51. The molecule has 8 heteroatoms. The van der Waals surface area contributed by atoms with Gasteiger partial charge in [-0.05, 0) is 34.9 Å². The molecule has 5 rings (SSSR count). The SMILES string of the molecule is COc1ccc(/C=N\NC(=O)C2[C@@H](c3ccccc3)C(C(=O)N3CCOCC3)[C@H]2c2ccccc2)cc1OC. The van der Waals surface area contributed by atoms with E-state index < -0.39 is 5.92 Å². The van der Waals surface area contributed by atoms with Gasteiger partial charge < -0.3 is 19.1 Å². The highest BCUT2D eigenvalue weighted by atomic mass is 16.5. The Labute approximate surface area is 228 Å². The van der Waals surface area contributed by atoms with Crippen LogP contribution in [0.15, 0.2) is 84.0 Å². The van der Waals surface area contributed by atoms with Crippen LogP contribution in [0, 0.1) is 11.8 Å². The molecule has 3 aromatic rings. The number of benzene rings is 3. The molecule has 202 valence electrons. The van der Waals surface area contributed by atoms with E-state index in [1.807, 2.05) is 71.6 Å². The van der Waals surface area contributed by atoms with Gasteiger partial charge in [0.1, 0.15) is 0 Å². The van der Waals surface area contributed by atoms with Gasteiger partial charge in [-0.25, -0.2) is 5.43 Å². The zero-order valence-corrected chi connectivity index (χ0v) is 22.2. The quantitative estimate of drug-likeness (QED) is 0.355. The maximum Gasteiger partial charge on any atom is 0.244 e. The maximum atomic E-state index is 13.9. The summed E-state index contributed by atoms with van der Waals surface area (Å²) in [5, 5.41) is 4.26. The largest absolute Gasteiger partial charge is 0.493 e. The molecule has 2 aliphatic rings. The van der Waals surface area contributed by atoms with Crippen LogP contribution in [0.1, 0.15) is 28.5 Å². The van der Waals surface area contributed by atoms with Crippen LogP contribution in [-0.4, -0.2) is 63.5 Å². The number of nitrogens with one attached hydrogen (secondary N) is 1. The van der Waals surface area contributed by atoms with Crippen molar-refractivity contribution in [3.05, 3.63) is 95.6 Å². The monoisotopic (exact) mass is 527 g/mol. The molecule has 39 heavy (non-hydrogen) atoms. The summed E-state index contributed by atoms with van der Waals surface area (Å²) >= 11 is 0. The standard InChI is InChI=1S/C31H33N3O5/c1-37-24-14-13-21(19-25(24)38-2)20-32-33-30(35)28-26(22-9-5-3-6-10-22)29(27(28)23-11-7-4-8-12-23)31(36)34-15-17-39-18-16-34/h3-14,19-20,26-29H,15-18H2,1-2H3,(H,33,35)/b32-20-/t26-,27+,28?,29?. The van der Waals surface area contributed by atoms with Crippen molar-refractivity contribution in [2.24, 2.45) is 16.9 Å². The van der Waals surface area contributed by atoms with E-state index in [9.17, 15) is 9.59 Å². The van der Waals surface area contributed by atoms with Gasteiger partial charge in [-0.1, -0.05) is 60.7 Å². The molecule has 0 spiro atoms. The van der Waals surface area contributed by atoms with Crippen LogP contribution in [0.25, 0.3) is 0 Å². The first-order valence-corrected chi connectivity index (χ1v) is 13.1. The van der Waals surface area contributed by atoms with Crippen molar-refractivity contribution in [2.45, 2.75) is 11.8 Å². The molecule has 1 aliphatic heterocycles. The molecule has 1 heterocycles. The topological polar surface area (TPSA) is 89.5 Å². The van der Waals surface area contributed by atoms with Crippen LogP contribution in [0.2, 0.25) is 0 Å². The minimum Gasteiger partial charge on any atom is -0.493 e. The molecule has 1 saturated heterocycles. The molecule has 3 aromatic carbocycles. The van der Waals surface area contributed by atoms with Crippen LogP contribution < -0.4 is 14.9 Å². The number of hydrazone groups is 1. The van der Waals surface area contributed by atoms with E-state index in [0.29, 0.717) is 37.8 Å². The summed E-state index contributed by atoms with van der Waals surface area (Å²) in [7, 11) is 3.15. The minimum absolute atomic E-state index is 0.0684. The van der Waals surface area contributed by atoms with Gasteiger partial charge in [-0.15, -0.1) is 0 Å². The fourth-order valence-corrected chi connectivity index (χ4v) is 5.73. The molecule has 2 amide bonds. The molecule has 2 fully saturated rings. The summed E-state index contributed by atoms with van der Waals surface area (Å²) in [4.78, 5) is 29.5. The molecular formula is C31H33N3O5. The summed E-state index contributed by atoms with van der Waals surface area (Å²) in [6, 6.07) is 25.1. The Bertz CT molecular complexity index is 1260. The number of ether oxygens (including phenoxy) is 3. The summed E-state index contributed by atoms with van der Waals surface area (Å²) in [6.07, 6.45) is 1.57. The molecule has 0 radical (unpaired) electrons. The summed E-state index contributed by atoms with van der Waals surface area (Å²) in [5.41, 5.74) is 5.45. The van der Waals surface area contributed by atoms with Crippen LogP contribution in [0.4, 0.5) is 0 Å². The lowest BCUT2D eigenvalue weighted by molar-refractivity contribution is -0.151. The average molecular weight is 528 g/mol. The summed E-state index contributed by atoms with van der Waals surface area (Å²) in [6.45, 7) is 2.17. The Morgan fingerprint density at radius 1 is 0.846 bits per heavy atom. The third kappa shape index (κ3) is 5.52. The molecular weight excluding hydrogens is 494 g/mol. The van der Waals surface area contributed by atoms with Crippen LogP contribution in [-0.2, 0) is 14.3 Å². The lowest BCUT2D eigenvalue weighted by Gasteiger charge is -2.52. The van der Waals surface area contributed by atoms with E-state index in [4.69, 9.17) is 14.2 Å². The van der Waals surface area contributed by atoms with E-state index >= 15 is 0 Å². The Morgan fingerprint density at radius 3 is 2.00 bits per heavy atom. The average Bonchev–Trinajstić information content (AvgIpc) is 2.98. The van der Waals surface area contributed by atoms with Gasteiger partial charge in [0.2, 0.25) is 11.8 Å². The van der Waals surface area contributed by atoms with E-state index in [1.54, 1.807) is 32.6 Å². The number of carbonyl (C=O) groups is 2. The highest BCUT2D eigenvalue weighted by Crippen LogP contribution is 2.58. The van der Waals surface area contributed by atoms with E-state index in [1.165, 1.54) is 0 Å². The molecule has 0 bridgehead atoms. The third-order valence-electron chi connectivity index (χ3n) is 7.62. The van der Waals surface area contributed by atoms with Gasteiger partial charge in [0.05, 0.1) is 45.5 Å². The van der Waals surface area contributed by atoms with Crippen LogP contribution >= 0.6 is 0 Å². The van der Waals surface area contributed by atoms with Gasteiger partial charge in [0.25, 0.3) is 0 Å². The van der Waals surface area contributed by atoms with Crippen molar-refractivity contribution in [3.63, 3.8) is 0 Å². The zero-order chi connectivity index (χ0) is 27.2. The summed E-state index contributed by atoms with van der Waals surface area (Å²) in [5.74, 6) is -0.346. The number of amides is 2. The molecule has 1 saturated carbocycles. The Kier molecular flexibility index (Phi) is 8.22. The van der Waals surface area contributed by atoms with E-state index in [0.717, 1.165) is 16.7 Å². The lowest BCUT2D eigenvalue weighted by Crippen LogP contribution is -2.57. The predicted octanol–water partition coefficient (Wildman–Crippen LogP) is 3.83. The summed E-state index contributed by atoms with van der Waals surface area (Å²) < 4.78 is 16.1. The first-order chi connectivity index (χ1) is 19.1. The molecule has 2 unspecified atom stereocenters. The molecule has 1 N–H and O–H groups in total. The van der Waals surface area contributed by atoms with Crippen molar-refractivity contribution < 1.29 is 23.8 Å². The fourth-order valence-electron chi connectivity index (χ4n) is 5.73. The number of methoxy groups -OCH3 is 2. The van der Waals surface area contributed by atoms with Crippen molar-refractivity contribution in [2.75, 3.05) is 40.5 Å². The first kappa shape index (κ1) is 26.4. The van der Waals surface area contributed by atoms with Gasteiger partial charge in [-0.2, -0.15) is 5.10 Å². The van der Waals surface area contributed by atoms with E-state index in [-0.39, 0.29) is 29.6 Å². The predicted molar refractivity (Wildman–Crippen MR) is 148 cm³/mol. The van der Waals surface area contributed by atoms with Crippen LogP contribution in [0.3, 0.4) is 0 Å². The normalized spacial score (nSPS) is 22.7. The highest BCUT2D eigenvalue weighted by Gasteiger charge is 2.58. The van der Waals surface area contributed by atoms with Crippen molar-refractivity contribution >= 4 is 18.0 Å². The first-order valence-electron chi connectivity index (χ1n) is 13.1. The zero-order valence-electron chi connectivity index (χ0n) is 22.2. The van der Waals surface area contributed by atoms with Crippen LogP contribution in [0.5, 0.6) is 11.5 Å². The number of hydrogen-bond acceptors (Lipinski definition) is 6. The Hall–Kier alpha value is -4.17. The Morgan fingerprint density at radius 2 is 1.44 bits per heavy atom. The number of morpholine rings is 1. The highest BCUT2D eigenvalue weighted by molar-refractivity contribution is 5.91. The van der Waals surface area contributed by atoms with Gasteiger partial charge in [0, 0.05) is 24.9 Å². The minimum atomic E-state index is -0.465. The van der Waals surface area contributed by atoms with Gasteiger partial charge in [0.15, 0.2) is 11.5 Å².